The van der Waals surface area contributed by atoms with Crippen molar-refractivity contribution in [1.82, 2.24) is 0 Å². The molecular weight excluding hydrogens is 713 g/mol. The van der Waals surface area contributed by atoms with Gasteiger partial charge in [0.25, 0.3) is 0 Å². The number of allylic oxidation sites excluding steroid dienone is 3. The van der Waals surface area contributed by atoms with Crippen molar-refractivity contribution in [3.8, 4) is 0 Å². The molecule has 1 atom stereocenters. The lowest BCUT2D eigenvalue weighted by Crippen LogP contribution is -2.32. The van der Waals surface area contributed by atoms with Gasteiger partial charge < -0.3 is 9.80 Å². The number of hydrogen-bond donors (Lipinski definition) is 0. The average molecular weight is 777 g/mol. The first-order valence-electron chi connectivity index (χ1n) is 21.7. The van der Waals surface area contributed by atoms with E-state index in [9.17, 15) is 0 Å². The zero-order valence-corrected chi connectivity index (χ0v) is 37.9. The summed E-state index contributed by atoms with van der Waals surface area (Å²) >= 11 is 0. The van der Waals surface area contributed by atoms with Crippen molar-refractivity contribution in [2.75, 3.05) is 9.80 Å². The highest BCUT2D eigenvalue weighted by Gasteiger charge is 2.36. The predicted molar refractivity (Wildman–Crippen MR) is 259 cm³/mol. The maximum Gasteiger partial charge on any atom is 0.0540 e. The summed E-state index contributed by atoms with van der Waals surface area (Å²) in [7, 11) is 0. The SMILES string of the molecule is CC(C)(C)c1ccc(N(C2=CCC(C)(C(C)(C)C)C=C2)c2ccc3ccc4c(N(c5ccc(C(C)(C)C)cc5)c5ccc(C(C)(C)C)cc5)ccc5ccc2c3c54)cc1. The lowest BCUT2D eigenvalue weighted by atomic mass is 9.64. The van der Waals surface area contributed by atoms with Crippen LogP contribution < -0.4 is 9.80 Å². The molecule has 302 valence electrons. The molecule has 7 aromatic rings. The lowest BCUT2D eigenvalue weighted by Gasteiger charge is -2.42. The van der Waals surface area contributed by atoms with Gasteiger partial charge >= 0.3 is 0 Å². The first-order valence-corrected chi connectivity index (χ1v) is 21.7. The van der Waals surface area contributed by atoms with Gasteiger partial charge in [-0.3, -0.25) is 0 Å². The minimum atomic E-state index is 0.0701. The first kappa shape index (κ1) is 40.4. The molecule has 0 bridgehead atoms. The lowest BCUT2D eigenvalue weighted by molar-refractivity contribution is 0.169. The van der Waals surface area contributed by atoms with Crippen LogP contribution in [-0.2, 0) is 16.2 Å². The molecule has 8 rings (SSSR count). The second kappa shape index (κ2) is 14.1. The van der Waals surface area contributed by atoms with E-state index in [1.165, 1.54) is 71.8 Å². The van der Waals surface area contributed by atoms with E-state index in [0.717, 1.165) is 17.8 Å². The number of benzene rings is 7. The Kier molecular flexibility index (Phi) is 9.70. The molecular formula is C57H64N2. The Balaban J connectivity index is 1.34. The van der Waals surface area contributed by atoms with Crippen LogP contribution in [0.15, 0.2) is 145 Å². The molecule has 0 spiro atoms. The summed E-state index contributed by atoms with van der Waals surface area (Å²) in [4.78, 5) is 4.95. The summed E-state index contributed by atoms with van der Waals surface area (Å²) in [6.07, 6.45) is 8.28. The highest BCUT2D eigenvalue weighted by atomic mass is 15.2. The summed E-state index contributed by atoms with van der Waals surface area (Å²) in [5.74, 6) is 0. The fourth-order valence-corrected chi connectivity index (χ4v) is 8.79. The van der Waals surface area contributed by atoms with Gasteiger partial charge in [-0.2, -0.15) is 0 Å². The zero-order chi connectivity index (χ0) is 42.3. The molecule has 59 heavy (non-hydrogen) atoms. The summed E-state index contributed by atoms with van der Waals surface area (Å²) in [5.41, 5.74) is 11.5. The molecule has 0 fully saturated rings. The van der Waals surface area contributed by atoms with Crippen molar-refractivity contribution in [1.29, 1.82) is 0 Å². The fraction of sp³-hybridized carbons (Fsp3) is 0.333. The maximum atomic E-state index is 2.50. The summed E-state index contributed by atoms with van der Waals surface area (Å²) in [6.45, 7) is 30.0. The van der Waals surface area contributed by atoms with Crippen LogP contribution in [0, 0.1) is 10.8 Å². The van der Waals surface area contributed by atoms with E-state index in [0.29, 0.717) is 0 Å². The molecule has 1 aliphatic carbocycles. The Morgan fingerprint density at radius 1 is 0.424 bits per heavy atom. The number of anilines is 5. The monoisotopic (exact) mass is 777 g/mol. The predicted octanol–water partition coefficient (Wildman–Crippen LogP) is 17.0. The minimum absolute atomic E-state index is 0.0701. The van der Waals surface area contributed by atoms with Crippen molar-refractivity contribution in [3.05, 3.63) is 162 Å². The fourth-order valence-electron chi connectivity index (χ4n) is 8.79. The molecule has 0 aliphatic heterocycles. The Morgan fingerprint density at radius 3 is 1.12 bits per heavy atom. The Labute approximate surface area is 354 Å². The van der Waals surface area contributed by atoms with E-state index < -0.39 is 0 Å². The van der Waals surface area contributed by atoms with E-state index in [4.69, 9.17) is 0 Å². The molecule has 0 saturated carbocycles. The summed E-state index contributed by atoms with van der Waals surface area (Å²) in [5, 5.41) is 7.62. The van der Waals surface area contributed by atoms with Crippen LogP contribution in [0.1, 0.15) is 113 Å². The largest absolute Gasteiger partial charge is 0.310 e. The second-order valence-electron chi connectivity index (χ2n) is 21.5. The topological polar surface area (TPSA) is 6.48 Å². The Bertz CT molecular complexity index is 2640. The van der Waals surface area contributed by atoms with Gasteiger partial charge in [-0.1, -0.05) is 175 Å². The number of hydrogen-bond acceptors (Lipinski definition) is 2. The van der Waals surface area contributed by atoms with Gasteiger partial charge in [0.1, 0.15) is 0 Å². The third kappa shape index (κ3) is 7.34. The Hall–Kier alpha value is -5.34. The molecule has 2 heteroatoms. The molecule has 1 unspecified atom stereocenters. The molecule has 2 nitrogen and oxygen atoms in total. The van der Waals surface area contributed by atoms with E-state index in [2.05, 4.69) is 239 Å². The van der Waals surface area contributed by atoms with Crippen molar-refractivity contribution < 1.29 is 0 Å². The van der Waals surface area contributed by atoms with Gasteiger partial charge in [0.2, 0.25) is 0 Å². The van der Waals surface area contributed by atoms with E-state index in [1.54, 1.807) is 0 Å². The Morgan fingerprint density at radius 2 is 0.780 bits per heavy atom. The third-order valence-electron chi connectivity index (χ3n) is 13.4. The van der Waals surface area contributed by atoms with Crippen molar-refractivity contribution in [2.24, 2.45) is 10.8 Å². The molecule has 0 heterocycles. The first-order chi connectivity index (χ1) is 27.6. The standard InChI is InChI=1S/C57H64N2/c1-53(2,3)40-18-24-43(25-19-40)58(44-26-20-41(21-27-44)54(4,5)6)49-32-16-38-15-31-48-50(33-17-39-14-30-47(49)51(38)52(39)48)59(45-28-22-42(23-29-45)55(7,8)9)46-34-36-57(13,37-35-46)56(10,11)12/h14-36H,37H2,1-13H3. The molecule has 0 saturated heterocycles. The van der Waals surface area contributed by atoms with E-state index in [-0.39, 0.29) is 27.1 Å². The number of rotatable bonds is 6. The highest BCUT2D eigenvalue weighted by Crippen LogP contribution is 2.50. The van der Waals surface area contributed by atoms with Crippen LogP contribution in [0.3, 0.4) is 0 Å². The van der Waals surface area contributed by atoms with Gasteiger partial charge in [-0.15, -0.1) is 0 Å². The van der Waals surface area contributed by atoms with Crippen LogP contribution in [0.5, 0.6) is 0 Å². The van der Waals surface area contributed by atoms with E-state index >= 15 is 0 Å². The smallest absolute Gasteiger partial charge is 0.0540 e. The molecule has 0 N–H and O–H groups in total. The van der Waals surface area contributed by atoms with Crippen LogP contribution in [0.25, 0.3) is 32.3 Å². The summed E-state index contributed by atoms with van der Waals surface area (Å²) < 4.78 is 0. The second-order valence-corrected chi connectivity index (χ2v) is 21.5. The third-order valence-corrected chi connectivity index (χ3v) is 13.4. The molecule has 0 amide bonds. The molecule has 1 aliphatic rings. The van der Waals surface area contributed by atoms with Crippen LogP contribution >= 0.6 is 0 Å². The van der Waals surface area contributed by atoms with Gasteiger partial charge in [0.05, 0.1) is 11.4 Å². The van der Waals surface area contributed by atoms with Crippen LogP contribution in [0.4, 0.5) is 28.4 Å². The summed E-state index contributed by atoms with van der Waals surface area (Å²) in [6, 6.07) is 46.4. The normalized spacial score (nSPS) is 16.6. The van der Waals surface area contributed by atoms with Crippen molar-refractivity contribution in [2.45, 2.75) is 113 Å². The maximum absolute atomic E-state index is 2.50. The molecule has 0 radical (unpaired) electrons. The highest BCUT2D eigenvalue weighted by molar-refractivity contribution is 6.28. The number of nitrogens with zero attached hydrogens (tertiary/aromatic N) is 2. The van der Waals surface area contributed by atoms with Gasteiger partial charge in [0.15, 0.2) is 0 Å². The van der Waals surface area contributed by atoms with Crippen molar-refractivity contribution >= 4 is 60.8 Å². The quantitative estimate of drug-likeness (QED) is 0.155. The van der Waals surface area contributed by atoms with Crippen molar-refractivity contribution in [3.63, 3.8) is 0 Å². The molecule has 7 aromatic carbocycles. The van der Waals surface area contributed by atoms with Gasteiger partial charge in [-0.05, 0) is 126 Å². The van der Waals surface area contributed by atoms with Crippen LogP contribution in [-0.4, -0.2) is 0 Å². The van der Waals surface area contributed by atoms with Gasteiger partial charge in [0, 0.05) is 33.5 Å². The zero-order valence-electron chi connectivity index (χ0n) is 37.9. The molecule has 0 aromatic heterocycles. The van der Waals surface area contributed by atoms with Crippen LogP contribution in [0.2, 0.25) is 0 Å². The van der Waals surface area contributed by atoms with Gasteiger partial charge in [-0.25, -0.2) is 0 Å². The van der Waals surface area contributed by atoms with E-state index in [1.807, 2.05) is 0 Å². The average Bonchev–Trinajstić information content (AvgIpc) is 3.18. The minimum Gasteiger partial charge on any atom is -0.310 e.